The van der Waals surface area contributed by atoms with Crippen molar-refractivity contribution in [1.29, 1.82) is 0 Å². The number of hydrogen-bond acceptors (Lipinski definition) is 4. The maximum Gasteiger partial charge on any atom is 0.272 e. The Bertz CT molecular complexity index is 744. The summed E-state index contributed by atoms with van der Waals surface area (Å²) >= 11 is 1.49. The number of thioether (sulfide) groups is 1. The third kappa shape index (κ3) is 3.17. The molecule has 0 bridgehead atoms. The van der Waals surface area contributed by atoms with Gasteiger partial charge in [-0.1, -0.05) is 30.0 Å². The minimum atomic E-state index is -0.339. The number of para-hydroxylation sites is 1. The Balaban J connectivity index is 1.93. The van der Waals surface area contributed by atoms with Crippen molar-refractivity contribution >= 4 is 23.6 Å². The van der Waals surface area contributed by atoms with Crippen LogP contribution in [0, 0.1) is 5.92 Å². The summed E-state index contributed by atoms with van der Waals surface area (Å²) in [6.45, 7) is 1.01. The third-order valence-corrected chi connectivity index (χ3v) is 4.91. The smallest absolute Gasteiger partial charge is 0.272 e. The lowest BCUT2D eigenvalue weighted by atomic mass is 9.97. The predicted octanol–water partition coefficient (Wildman–Crippen LogP) is 1.93. The summed E-state index contributed by atoms with van der Waals surface area (Å²) in [5, 5.41) is 0.757. The summed E-state index contributed by atoms with van der Waals surface area (Å²) in [7, 11) is 0. The Morgan fingerprint density at radius 3 is 2.71 bits per heavy atom. The molecule has 0 radical (unpaired) electrons. The van der Waals surface area contributed by atoms with Gasteiger partial charge in [0.05, 0.1) is 12.1 Å². The molecule has 2 heterocycles. The van der Waals surface area contributed by atoms with Gasteiger partial charge in [0.2, 0.25) is 5.91 Å². The van der Waals surface area contributed by atoms with Crippen LogP contribution in [-0.2, 0) is 4.79 Å². The molecule has 126 valence electrons. The summed E-state index contributed by atoms with van der Waals surface area (Å²) in [5.41, 5.74) is 6.82. The molecule has 0 saturated carbocycles. The number of primary amides is 1. The second-order valence-corrected chi connectivity index (χ2v) is 6.57. The fraction of sp³-hybridized carbons (Fsp3) is 0.353. The van der Waals surface area contributed by atoms with Gasteiger partial charge >= 0.3 is 0 Å². The van der Waals surface area contributed by atoms with E-state index in [0.29, 0.717) is 18.8 Å². The highest BCUT2D eigenvalue weighted by atomic mass is 32.2. The van der Waals surface area contributed by atoms with E-state index in [0.717, 1.165) is 23.7 Å². The van der Waals surface area contributed by atoms with Crippen LogP contribution in [-0.4, -0.2) is 45.6 Å². The standard InChI is InChI=1S/C17H20N4O2S/c1-24-17-19-10-14(21(17)13-7-3-2-4-8-13)16(23)20-9-5-6-12(11-20)15(18)22/h2-4,7-8,10,12H,5-6,9,11H2,1H3,(H2,18,22). The maximum atomic E-state index is 13.0. The van der Waals surface area contributed by atoms with Gasteiger partial charge < -0.3 is 10.6 Å². The number of carbonyl (C=O) groups excluding carboxylic acids is 2. The highest BCUT2D eigenvalue weighted by molar-refractivity contribution is 7.98. The first kappa shape index (κ1) is 16.6. The Labute approximate surface area is 145 Å². The molecule has 1 fully saturated rings. The zero-order chi connectivity index (χ0) is 17.1. The van der Waals surface area contributed by atoms with Crippen molar-refractivity contribution in [3.8, 4) is 5.69 Å². The zero-order valence-electron chi connectivity index (χ0n) is 13.5. The molecule has 0 spiro atoms. The molecule has 6 nitrogen and oxygen atoms in total. The molecular formula is C17H20N4O2S. The monoisotopic (exact) mass is 344 g/mol. The Hall–Kier alpha value is -2.28. The molecule has 24 heavy (non-hydrogen) atoms. The molecule has 0 aliphatic carbocycles. The van der Waals surface area contributed by atoms with E-state index in [1.165, 1.54) is 11.8 Å². The van der Waals surface area contributed by atoms with Gasteiger partial charge in [0.1, 0.15) is 5.69 Å². The number of carbonyl (C=O) groups is 2. The molecule has 1 unspecified atom stereocenters. The SMILES string of the molecule is CSc1ncc(C(=O)N2CCCC(C(N)=O)C2)n1-c1ccccc1. The first-order chi connectivity index (χ1) is 11.6. The highest BCUT2D eigenvalue weighted by Gasteiger charge is 2.29. The van der Waals surface area contributed by atoms with E-state index in [1.807, 2.05) is 41.2 Å². The zero-order valence-corrected chi connectivity index (χ0v) is 14.3. The molecule has 1 atom stereocenters. The molecule has 1 aromatic carbocycles. The summed E-state index contributed by atoms with van der Waals surface area (Å²) in [5.74, 6) is -0.720. The number of nitrogens with zero attached hydrogens (tertiary/aromatic N) is 3. The van der Waals surface area contributed by atoms with Gasteiger partial charge in [-0.2, -0.15) is 0 Å². The molecule has 2 aromatic rings. The van der Waals surface area contributed by atoms with E-state index in [4.69, 9.17) is 5.73 Å². The van der Waals surface area contributed by atoms with E-state index >= 15 is 0 Å². The first-order valence-electron chi connectivity index (χ1n) is 7.87. The number of nitrogens with two attached hydrogens (primary N) is 1. The van der Waals surface area contributed by atoms with Crippen LogP contribution >= 0.6 is 11.8 Å². The lowest BCUT2D eigenvalue weighted by Gasteiger charge is -2.31. The fourth-order valence-electron chi connectivity index (χ4n) is 3.01. The number of hydrogen-bond donors (Lipinski definition) is 1. The summed E-state index contributed by atoms with van der Waals surface area (Å²) in [6, 6.07) is 9.68. The van der Waals surface area contributed by atoms with Gasteiger partial charge in [-0.15, -0.1) is 0 Å². The molecule has 2 N–H and O–H groups in total. The van der Waals surface area contributed by atoms with Gasteiger partial charge in [0.15, 0.2) is 5.16 Å². The fourth-order valence-corrected chi connectivity index (χ4v) is 3.56. The third-order valence-electron chi connectivity index (χ3n) is 4.26. The van der Waals surface area contributed by atoms with Gasteiger partial charge in [-0.05, 0) is 31.2 Å². The van der Waals surface area contributed by atoms with Crippen molar-refractivity contribution in [2.24, 2.45) is 11.7 Å². The van der Waals surface area contributed by atoms with Crippen LogP contribution in [0.2, 0.25) is 0 Å². The largest absolute Gasteiger partial charge is 0.369 e. The number of rotatable bonds is 4. The first-order valence-corrected chi connectivity index (χ1v) is 9.10. The average molecular weight is 344 g/mol. The molecular weight excluding hydrogens is 324 g/mol. The number of amides is 2. The normalized spacial score (nSPS) is 17.7. The van der Waals surface area contributed by atoms with Crippen molar-refractivity contribution in [3.63, 3.8) is 0 Å². The van der Waals surface area contributed by atoms with Gasteiger partial charge in [0.25, 0.3) is 5.91 Å². The highest BCUT2D eigenvalue weighted by Crippen LogP contribution is 2.24. The van der Waals surface area contributed by atoms with Gasteiger partial charge in [0, 0.05) is 18.8 Å². The summed E-state index contributed by atoms with van der Waals surface area (Å²) < 4.78 is 1.86. The summed E-state index contributed by atoms with van der Waals surface area (Å²) in [6.07, 6.45) is 5.07. The van der Waals surface area contributed by atoms with E-state index in [-0.39, 0.29) is 17.7 Å². The molecule has 1 aliphatic heterocycles. The van der Waals surface area contributed by atoms with Crippen molar-refractivity contribution in [3.05, 3.63) is 42.2 Å². The predicted molar refractivity (Wildman–Crippen MR) is 93.2 cm³/mol. The number of likely N-dealkylation sites (tertiary alicyclic amines) is 1. The van der Waals surface area contributed by atoms with Gasteiger partial charge in [-0.3, -0.25) is 14.2 Å². The number of piperidine rings is 1. The second-order valence-electron chi connectivity index (χ2n) is 5.79. The number of imidazole rings is 1. The van der Waals surface area contributed by atoms with Crippen LogP contribution < -0.4 is 5.73 Å². The Morgan fingerprint density at radius 1 is 1.29 bits per heavy atom. The average Bonchev–Trinajstić information content (AvgIpc) is 3.06. The van der Waals surface area contributed by atoms with Crippen molar-refractivity contribution in [2.45, 2.75) is 18.0 Å². The van der Waals surface area contributed by atoms with Crippen LogP contribution in [0.1, 0.15) is 23.3 Å². The molecule has 1 aliphatic rings. The maximum absolute atomic E-state index is 13.0. The molecule has 2 amide bonds. The van der Waals surface area contributed by atoms with Crippen LogP contribution in [0.4, 0.5) is 0 Å². The number of benzene rings is 1. The minimum absolute atomic E-state index is 0.113. The topological polar surface area (TPSA) is 81.2 Å². The van der Waals surface area contributed by atoms with Crippen LogP contribution in [0.3, 0.4) is 0 Å². The molecule has 1 aromatic heterocycles. The van der Waals surface area contributed by atoms with Crippen LogP contribution in [0.5, 0.6) is 0 Å². The Morgan fingerprint density at radius 2 is 2.04 bits per heavy atom. The number of aromatic nitrogens is 2. The van der Waals surface area contributed by atoms with E-state index < -0.39 is 0 Å². The molecule has 3 rings (SSSR count). The quantitative estimate of drug-likeness (QED) is 0.860. The van der Waals surface area contributed by atoms with E-state index in [1.54, 1.807) is 11.1 Å². The summed E-state index contributed by atoms with van der Waals surface area (Å²) in [4.78, 5) is 30.5. The molecule has 1 saturated heterocycles. The van der Waals surface area contributed by atoms with Crippen molar-refractivity contribution in [2.75, 3.05) is 19.3 Å². The molecule has 7 heteroatoms. The minimum Gasteiger partial charge on any atom is -0.369 e. The van der Waals surface area contributed by atoms with E-state index in [2.05, 4.69) is 4.98 Å². The van der Waals surface area contributed by atoms with E-state index in [9.17, 15) is 9.59 Å². The lowest BCUT2D eigenvalue weighted by Crippen LogP contribution is -2.44. The van der Waals surface area contributed by atoms with Crippen molar-refractivity contribution in [1.82, 2.24) is 14.5 Å². The van der Waals surface area contributed by atoms with Gasteiger partial charge in [-0.25, -0.2) is 4.98 Å². The lowest BCUT2D eigenvalue weighted by molar-refractivity contribution is -0.123. The van der Waals surface area contributed by atoms with Crippen LogP contribution in [0.25, 0.3) is 5.69 Å². The van der Waals surface area contributed by atoms with Crippen molar-refractivity contribution < 1.29 is 9.59 Å². The Kier molecular flexibility index (Phi) is 4.89. The van der Waals surface area contributed by atoms with Crippen LogP contribution in [0.15, 0.2) is 41.7 Å². The second kappa shape index (κ2) is 7.09.